The molecule has 1 N–H and O–H groups in total. The van der Waals surface area contributed by atoms with E-state index in [2.05, 4.69) is 187 Å². The lowest BCUT2D eigenvalue weighted by atomic mass is 9.75. The predicted molar refractivity (Wildman–Crippen MR) is 469 cm³/mol. The van der Waals surface area contributed by atoms with Crippen LogP contribution in [-0.2, 0) is 38.8 Å². The van der Waals surface area contributed by atoms with Crippen molar-refractivity contribution in [1.29, 1.82) is 0 Å². The number of aromatic nitrogens is 4. The first-order valence-corrected chi connectivity index (χ1v) is 46.7. The van der Waals surface area contributed by atoms with Crippen LogP contribution in [0.4, 0.5) is 22.0 Å². The molecule has 2 atom stereocenters. The minimum atomic E-state index is -4.31. The van der Waals surface area contributed by atoms with E-state index in [1.54, 1.807) is 12.5 Å². The molecule has 4 saturated carbocycles. The van der Waals surface area contributed by atoms with E-state index in [-0.39, 0.29) is 37.2 Å². The molecule has 15 nitrogen and oxygen atoms in total. The van der Waals surface area contributed by atoms with Crippen molar-refractivity contribution < 1.29 is 50.0 Å². The number of likely N-dealkylation sites (tertiary alicyclic amines) is 4. The van der Waals surface area contributed by atoms with Crippen LogP contribution in [-0.4, -0.2) is 154 Å². The quantitative estimate of drug-likeness (QED) is 0.0709. The highest BCUT2D eigenvalue weighted by molar-refractivity contribution is 5.79. The Morgan fingerprint density at radius 2 is 1.01 bits per heavy atom. The number of nitrogens with zero attached hydrogens (tertiary/aromatic N) is 8. The number of carbonyl (C=O) groups is 3. The lowest BCUT2D eigenvalue weighted by Crippen LogP contribution is -2.58. The van der Waals surface area contributed by atoms with E-state index in [0.29, 0.717) is 63.5 Å². The van der Waals surface area contributed by atoms with Crippen LogP contribution in [0.25, 0.3) is 0 Å². The minimum Gasteiger partial charge on any atom is -0.448 e. The second-order valence-corrected chi connectivity index (χ2v) is 43.1. The van der Waals surface area contributed by atoms with E-state index in [9.17, 15) is 36.3 Å². The van der Waals surface area contributed by atoms with Crippen molar-refractivity contribution in [1.82, 2.24) is 44.8 Å². The molecule has 0 bridgehead atoms. The Morgan fingerprint density at radius 3 is 1.38 bits per heavy atom. The Balaban J connectivity index is 0.000000244. The highest BCUT2D eigenvalue weighted by atomic mass is 19.4. The second kappa shape index (κ2) is 49.9. The van der Waals surface area contributed by atoms with Crippen molar-refractivity contribution in [3.05, 3.63) is 53.8 Å². The molecule has 7 heterocycles. The van der Waals surface area contributed by atoms with E-state index in [1.165, 1.54) is 166 Å². The number of rotatable bonds is 23. The molecular weight excluding hydrogens is 1480 g/mol. The Bertz CT molecular complexity index is 3040. The van der Waals surface area contributed by atoms with Gasteiger partial charge in [0.25, 0.3) is 5.92 Å². The van der Waals surface area contributed by atoms with Gasteiger partial charge >= 0.3 is 6.18 Å². The number of Topliss-reactive ketones (excluding diaryl/α,β-unsaturated/α-hetero) is 1. The number of H-pyrrole nitrogens is 1. The van der Waals surface area contributed by atoms with Gasteiger partial charge in [-0.05, 0) is 311 Å². The molecule has 4 saturated heterocycles. The third-order valence-electron chi connectivity index (χ3n) is 27.8. The Kier molecular flexibility index (Phi) is 44.0. The molecule has 676 valence electrons. The van der Waals surface area contributed by atoms with Crippen molar-refractivity contribution in [3.8, 4) is 0 Å². The number of piperidine rings is 3. The van der Waals surface area contributed by atoms with E-state index in [4.69, 9.17) is 13.7 Å². The molecule has 0 aromatic carbocycles. The average Bonchev–Trinajstić information content (AvgIpc) is 1.24. The zero-order valence-electron chi connectivity index (χ0n) is 78.5. The third kappa shape index (κ3) is 41.2. The summed E-state index contributed by atoms with van der Waals surface area (Å²) in [5, 5.41) is 11.1. The summed E-state index contributed by atoms with van der Waals surface area (Å²) in [5.41, 5.74) is 4.20. The molecule has 4 aliphatic heterocycles. The van der Waals surface area contributed by atoms with E-state index in [0.717, 1.165) is 160 Å². The number of nitrogens with one attached hydrogen (secondary N) is 1. The summed E-state index contributed by atoms with van der Waals surface area (Å²) in [6.07, 6.45) is 32.0. The topological polar surface area (TPSA) is 157 Å². The number of ketones is 1. The first-order chi connectivity index (χ1) is 54.6. The largest absolute Gasteiger partial charge is 0.448 e. The predicted octanol–water partition coefficient (Wildman–Crippen LogP) is 24.7. The van der Waals surface area contributed by atoms with Gasteiger partial charge in [-0.25, -0.2) is 13.8 Å². The van der Waals surface area contributed by atoms with Gasteiger partial charge in [0.05, 0.1) is 31.5 Å². The SMILES string of the molecule is CC(C)(C)C1CCN(Cc2ccn[nH]2)CC1.CC(C)(C)C1CCN(Cc2ncco2)CC1.CC(C)C1CCC(CC(=O)N(C)CC(F)(F)F)CC1.CC(C)C1CCC(CC(=O)N2CC(F)(F)C2)CC1.CC(C)CC(=O)CC1CCC(C(C)C)CC1.CCOCCCC1CCC(C(C)(C)C)C1.Cc1cc(CN2CCC(C(C)(C)C)CC2)no1. The first kappa shape index (κ1) is 103. The summed E-state index contributed by atoms with van der Waals surface area (Å²) < 4.78 is 77.7. The van der Waals surface area contributed by atoms with Gasteiger partial charge in [0.1, 0.15) is 24.4 Å². The fourth-order valence-electron chi connectivity index (χ4n) is 19.3. The lowest BCUT2D eigenvalue weighted by Gasteiger charge is -2.40. The molecule has 11 rings (SSSR count). The van der Waals surface area contributed by atoms with Crippen molar-refractivity contribution in [3.63, 3.8) is 0 Å². The maximum absolute atomic E-state index is 12.7. The van der Waals surface area contributed by atoms with Crippen molar-refractivity contribution in [2.45, 2.75) is 357 Å². The van der Waals surface area contributed by atoms with Crippen LogP contribution in [0.5, 0.6) is 0 Å². The van der Waals surface area contributed by atoms with Crippen LogP contribution in [0.1, 0.15) is 342 Å². The number of halogens is 5. The van der Waals surface area contributed by atoms with Crippen LogP contribution in [0.3, 0.4) is 0 Å². The molecule has 20 heteroatoms. The van der Waals surface area contributed by atoms with Crippen LogP contribution in [0, 0.1) is 117 Å². The molecule has 117 heavy (non-hydrogen) atoms. The maximum atomic E-state index is 12.7. The minimum absolute atomic E-state index is 0.0751. The van der Waals surface area contributed by atoms with Gasteiger partial charge in [-0.1, -0.05) is 150 Å². The number of aromatic amines is 1. The first-order valence-electron chi connectivity index (χ1n) is 46.7. The lowest BCUT2D eigenvalue weighted by molar-refractivity contribution is -0.166. The number of hydrogen-bond donors (Lipinski definition) is 1. The summed E-state index contributed by atoms with van der Waals surface area (Å²) in [6, 6.07) is 4.10. The summed E-state index contributed by atoms with van der Waals surface area (Å²) in [7, 11) is 1.23. The fraction of sp³-hybridized carbons (Fsp3) is 0.876. The van der Waals surface area contributed by atoms with Gasteiger partial charge in [0, 0.05) is 77.0 Å². The van der Waals surface area contributed by atoms with Gasteiger partial charge in [0.2, 0.25) is 17.7 Å². The molecule has 2 unspecified atom stereocenters. The van der Waals surface area contributed by atoms with Crippen LogP contribution >= 0.6 is 0 Å². The van der Waals surface area contributed by atoms with E-state index in [1.807, 2.05) is 19.2 Å². The maximum Gasteiger partial charge on any atom is 0.406 e. The number of amides is 2. The van der Waals surface area contributed by atoms with Gasteiger partial charge in [-0.3, -0.25) is 34.2 Å². The van der Waals surface area contributed by atoms with Crippen LogP contribution < -0.4 is 0 Å². The smallest absolute Gasteiger partial charge is 0.406 e. The summed E-state index contributed by atoms with van der Waals surface area (Å²) in [6.45, 7) is 60.2. The Hall–Kier alpha value is -4.27. The Labute approximate surface area is 709 Å². The number of aryl methyl sites for hydroxylation is 1. The molecule has 2 amide bonds. The number of hydrogen-bond acceptors (Lipinski definition) is 12. The number of alkyl halides is 5. The molecule has 8 aliphatic rings. The zero-order chi connectivity index (χ0) is 87.1. The van der Waals surface area contributed by atoms with Crippen molar-refractivity contribution in [2.24, 2.45) is 110 Å². The molecule has 0 radical (unpaired) electrons. The molecule has 3 aromatic heterocycles. The summed E-state index contributed by atoms with van der Waals surface area (Å²) in [4.78, 5) is 49.0. The highest BCUT2D eigenvalue weighted by Gasteiger charge is 2.47. The second-order valence-electron chi connectivity index (χ2n) is 43.1. The van der Waals surface area contributed by atoms with Gasteiger partial charge in [-0.2, -0.15) is 18.3 Å². The fourth-order valence-corrected chi connectivity index (χ4v) is 19.3. The normalized spacial score (nSPS) is 24.3. The van der Waals surface area contributed by atoms with Gasteiger partial charge < -0.3 is 23.5 Å². The van der Waals surface area contributed by atoms with Crippen LogP contribution in [0.2, 0.25) is 0 Å². The highest BCUT2D eigenvalue weighted by Crippen LogP contribution is 2.45. The summed E-state index contributed by atoms with van der Waals surface area (Å²) >= 11 is 0. The van der Waals surface area contributed by atoms with Crippen molar-refractivity contribution in [2.75, 3.05) is 79.2 Å². The average molecular weight is 1660 g/mol. The monoisotopic (exact) mass is 1650 g/mol. The molecule has 4 aliphatic carbocycles. The molecule has 0 spiro atoms. The molecule has 8 fully saturated rings. The van der Waals surface area contributed by atoms with Crippen molar-refractivity contribution >= 4 is 17.6 Å². The van der Waals surface area contributed by atoms with Crippen LogP contribution in [0.15, 0.2) is 39.7 Å². The van der Waals surface area contributed by atoms with E-state index < -0.39 is 18.6 Å². The molecular formula is C97H172F5N9O6. The number of oxazole rings is 1. The third-order valence-corrected chi connectivity index (χ3v) is 27.8. The zero-order valence-corrected chi connectivity index (χ0v) is 78.5. The molecule has 3 aromatic rings. The van der Waals surface area contributed by atoms with Gasteiger partial charge in [-0.15, -0.1) is 0 Å². The number of carbonyl (C=O) groups excluding carboxylic acids is 3. The van der Waals surface area contributed by atoms with E-state index >= 15 is 0 Å². The standard InChI is InChI=1S/C15H28O.C14H24F3NO.C14H23F2NO.C14H24N2O.C14H28O.C13H23N3.C13H22N2O/c1-11(2)9-15(16)10-13-5-7-14(8-6-13)12(3)4;1-10(2)12-6-4-11(5-7-12)8-13(19)18(3)9-14(15,16)17;1-10(2)12-5-3-11(4-6-12)7-13(18)17-8-14(15,16)9-17;1-11-9-13(15-17-11)10-16-7-5-12(6-8-16)14(2,3)4;1-5-15-10-6-7-12-8-9-13(11-12)14(2,3)4;1-13(2,3)11-5-8-16(9-6-11)10-12-4-7-14-15-12;1-13(2,3)11-4-7-15(8-5-11)10-12-14-6-9-16-12/h11-14H,5-10H2,1-4H3;10-12H,4-9H2,1-3H3;10-12H,3-9H2,1-2H3;9,12H,5-8,10H2,1-4H3;12-13H,5-11H2,1-4H3;4,7,11H,5-6,8-10H2,1-3H3,(H,14,15);6,9,11H,4-5,7-8,10H2,1-3H3. The van der Waals surface area contributed by atoms with Gasteiger partial charge in [0.15, 0.2) is 0 Å². The number of ether oxygens (including phenoxy) is 1. The summed E-state index contributed by atoms with van der Waals surface area (Å²) in [5.74, 6) is 10.2. The Morgan fingerprint density at radius 1 is 0.573 bits per heavy atom.